The summed E-state index contributed by atoms with van der Waals surface area (Å²) in [5.41, 5.74) is 8.60. The van der Waals surface area contributed by atoms with Crippen LogP contribution in [0.2, 0.25) is 0 Å². The Morgan fingerprint density at radius 1 is 1.30 bits per heavy atom. The molecular weight excluding hydrogens is 383 g/mol. The van der Waals surface area contributed by atoms with Gasteiger partial charge in [-0.25, -0.2) is 9.97 Å². The number of aromatic nitrogens is 2. The van der Waals surface area contributed by atoms with Crippen molar-refractivity contribution < 1.29 is 4.79 Å². The fourth-order valence-electron chi connectivity index (χ4n) is 2.16. The second-order valence-corrected chi connectivity index (χ2v) is 6.21. The van der Waals surface area contributed by atoms with Gasteiger partial charge in [0.05, 0.1) is 11.9 Å². The van der Waals surface area contributed by atoms with Gasteiger partial charge >= 0.3 is 0 Å². The number of carbonyl (C=O) groups is 1. The first-order valence-electron chi connectivity index (χ1n) is 8.55. The van der Waals surface area contributed by atoms with Gasteiger partial charge in [0.15, 0.2) is 11.6 Å². The number of halogens is 2. The fraction of sp³-hybridized carbons (Fsp3) is 0.250. The molecule has 0 spiro atoms. The van der Waals surface area contributed by atoms with Crippen molar-refractivity contribution in [2.24, 2.45) is 0 Å². The highest BCUT2D eigenvalue weighted by Crippen LogP contribution is 2.25. The third-order valence-electron chi connectivity index (χ3n) is 3.51. The summed E-state index contributed by atoms with van der Waals surface area (Å²) >= 11 is 12.3. The van der Waals surface area contributed by atoms with E-state index in [0.29, 0.717) is 33.7 Å². The van der Waals surface area contributed by atoms with Gasteiger partial charge in [-0.05, 0) is 19.9 Å². The van der Waals surface area contributed by atoms with Crippen molar-refractivity contribution in [2.45, 2.75) is 27.7 Å². The zero-order valence-corrected chi connectivity index (χ0v) is 17.4. The van der Waals surface area contributed by atoms with Crippen LogP contribution in [-0.4, -0.2) is 22.8 Å². The molecule has 1 heterocycles. The molecule has 0 bridgehead atoms. The molecule has 27 heavy (non-hydrogen) atoms. The van der Waals surface area contributed by atoms with E-state index < -0.39 is 0 Å². The van der Waals surface area contributed by atoms with Gasteiger partial charge < -0.3 is 11.1 Å². The molecule has 5 nitrogen and oxygen atoms in total. The van der Waals surface area contributed by atoms with Gasteiger partial charge in [0.1, 0.15) is 6.29 Å². The first kappa shape index (κ1) is 22.7. The van der Waals surface area contributed by atoms with Crippen LogP contribution in [0.25, 0.3) is 11.3 Å². The van der Waals surface area contributed by atoms with Crippen LogP contribution < -0.4 is 11.1 Å². The zero-order valence-electron chi connectivity index (χ0n) is 15.9. The molecule has 2 aromatic rings. The first-order chi connectivity index (χ1) is 13.0. The van der Waals surface area contributed by atoms with Gasteiger partial charge in [-0.15, -0.1) is 0 Å². The van der Waals surface area contributed by atoms with Crippen molar-refractivity contribution in [1.82, 2.24) is 9.97 Å². The van der Waals surface area contributed by atoms with E-state index in [-0.39, 0.29) is 5.82 Å². The van der Waals surface area contributed by atoms with Crippen LogP contribution in [0.15, 0.2) is 52.2 Å². The Kier molecular flexibility index (Phi) is 9.54. The zero-order chi connectivity index (χ0) is 20.4. The van der Waals surface area contributed by atoms with E-state index in [2.05, 4.69) is 15.3 Å². The Labute approximate surface area is 170 Å². The van der Waals surface area contributed by atoms with Crippen LogP contribution in [0.1, 0.15) is 38.1 Å². The second-order valence-electron chi connectivity index (χ2n) is 5.23. The van der Waals surface area contributed by atoms with Gasteiger partial charge in [0.2, 0.25) is 0 Å². The number of rotatable bonds is 6. The maximum Gasteiger partial charge on any atom is 0.169 e. The molecule has 0 atom stereocenters. The Morgan fingerprint density at radius 3 is 2.59 bits per heavy atom. The lowest BCUT2D eigenvalue weighted by Gasteiger charge is -2.12. The molecule has 1 aromatic heterocycles. The summed E-state index contributed by atoms with van der Waals surface area (Å²) in [7, 11) is 0. The summed E-state index contributed by atoms with van der Waals surface area (Å²) in [6, 6.07) is 7.09. The highest BCUT2D eigenvalue weighted by molar-refractivity contribution is 6.35. The SMILES string of the molecule is C/C=C(Cl)\C(CNc1nc(-c2cccc(C=O)c2)cnc1N)=C(/C)Cl.CC. The number of benzene rings is 1. The van der Waals surface area contributed by atoms with Crippen molar-refractivity contribution in [3.63, 3.8) is 0 Å². The number of carbonyl (C=O) groups excluding carboxylic acids is 1. The number of nitrogen functional groups attached to an aromatic ring is 1. The number of hydrogen-bond donors (Lipinski definition) is 2. The molecule has 7 heteroatoms. The average Bonchev–Trinajstić information content (AvgIpc) is 2.70. The van der Waals surface area contributed by atoms with Crippen LogP contribution in [0, 0.1) is 0 Å². The standard InChI is InChI=1S/C18H18Cl2N4O.C2H6/c1-3-15(20)14(11(2)19)8-23-18-17(21)22-9-16(24-18)13-6-4-5-12(7-13)10-25;1-2/h3-7,9-10H,8H2,1-2H3,(H2,21,22)(H,23,24);1-2H3/b14-11+,15-3+;. The van der Waals surface area contributed by atoms with Gasteiger partial charge in [-0.2, -0.15) is 0 Å². The number of allylic oxidation sites excluding steroid dienone is 2. The summed E-state index contributed by atoms with van der Waals surface area (Å²) in [6.07, 6.45) is 4.11. The molecule has 0 amide bonds. The highest BCUT2D eigenvalue weighted by atomic mass is 35.5. The van der Waals surface area contributed by atoms with Gasteiger partial charge in [-0.3, -0.25) is 4.79 Å². The maximum atomic E-state index is 10.9. The van der Waals surface area contributed by atoms with Gasteiger partial charge in [-0.1, -0.05) is 61.3 Å². The fourth-order valence-corrected chi connectivity index (χ4v) is 2.58. The topological polar surface area (TPSA) is 80.9 Å². The van der Waals surface area contributed by atoms with E-state index in [9.17, 15) is 4.79 Å². The molecule has 0 aliphatic rings. The van der Waals surface area contributed by atoms with E-state index in [0.717, 1.165) is 17.4 Å². The Morgan fingerprint density at radius 2 is 2.00 bits per heavy atom. The molecule has 0 fully saturated rings. The van der Waals surface area contributed by atoms with Gasteiger partial charge in [0, 0.05) is 33.3 Å². The molecule has 0 radical (unpaired) electrons. The minimum Gasteiger partial charge on any atom is -0.381 e. The van der Waals surface area contributed by atoms with E-state index >= 15 is 0 Å². The predicted octanol–water partition coefficient (Wildman–Crippen LogP) is 5.63. The summed E-state index contributed by atoms with van der Waals surface area (Å²) < 4.78 is 0. The van der Waals surface area contributed by atoms with Crippen molar-refractivity contribution in [3.8, 4) is 11.3 Å². The number of nitrogens with two attached hydrogens (primary N) is 1. The van der Waals surface area contributed by atoms with E-state index in [1.807, 2.05) is 26.8 Å². The molecule has 0 aliphatic carbocycles. The third-order valence-corrected chi connectivity index (χ3v) is 4.18. The van der Waals surface area contributed by atoms with Crippen molar-refractivity contribution in [1.29, 1.82) is 0 Å². The number of aldehydes is 1. The van der Waals surface area contributed by atoms with E-state index in [1.165, 1.54) is 0 Å². The smallest absolute Gasteiger partial charge is 0.169 e. The van der Waals surface area contributed by atoms with E-state index in [4.69, 9.17) is 28.9 Å². The summed E-state index contributed by atoms with van der Waals surface area (Å²) in [5.74, 6) is 0.684. The lowest BCUT2D eigenvalue weighted by Crippen LogP contribution is -2.11. The molecule has 0 unspecified atom stereocenters. The van der Waals surface area contributed by atoms with Crippen LogP contribution >= 0.6 is 23.2 Å². The molecule has 0 aliphatic heterocycles. The summed E-state index contributed by atoms with van der Waals surface area (Å²) in [4.78, 5) is 19.6. The molecule has 0 saturated heterocycles. The van der Waals surface area contributed by atoms with Crippen LogP contribution in [-0.2, 0) is 0 Å². The Balaban J connectivity index is 0.00000176. The normalized spacial score (nSPS) is 11.9. The molecule has 1 aromatic carbocycles. The second kappa shape index (κ2) is 11.4. The van der Waals surface area contributed by atoms with Crippen molar-refractivity contribution in [3.05, 3.63) is 57.7 Å². The Hall–Kier alpha value is -2.37. The number of hydrogen-bond acceptors (Lipinski definition) is 5. The molecular formula is C20H24Cl2N4O. The highest BCUT2D eigenvalue weighted by Gasteiger charge is 2.10. The molecule has 3 N–H and O–H groups in total. The molecule has 2 rings (SSSR count). The average molecular weight is 407 g/mol. The lowest BCUT2D eigenvalue weighted by atomic mass is 10.1. The van der Waals surface area contributed by atoms with Crippen molar-refractivity contribution >= 4 is 41.1 Å². The van der Waals surface area contributed by atoms with Gasteiger partial charge in [0.25, 0.3) is 0 Å². The maximum absolute atomic E-state index is 10.9. The summed E-state index contributed by atoms with van der Waals surface area (Å²) in [6.45, 7) is 7.95. The minimum atomic E-state index is 0.262. The predicted molar refractivity (Wildman–Crippen MR) is 115 cm³/mol. The summed E-state index contributed by atoms with van der Waals surface area (Å²) in [5, 5.41) is 4.25. The van der Waals surface area contributed by atoms with Crippen LogP contribution in [0.5, 0.6) is 0 Å². The van der Waals surface area contributed by atoms with E-state index in [1.54, 1.807) is 37.4 Å². The van der Waals surface area contributed by atoms with Crippen LogP contribution in [0.4, 0.5) is 11.6 Å². The number of nitrogens with zero attached hydrogens (tertiary/aromatic N) is 2. The minimum absolute atomic E-state index is 0.262. The largest absolute Gasteiger partial charge is 0.381 e. The molecule has 0 saturated carbocycles. The number of nitrogens with one attached hydrogen (secondary N) is 1. The number of anilines is 2. The Bertz CT molecular complexity index is 844. The monoisotopic (exact) mass is 406 g/mol. The molecule has 144 valence electrons. The van der Waals surface area contributed by atoms with Crippen molar-refractivity contribution in [2.75, 3.05) is 17.6 Å². The van der Waals surface area contributed by atoms with Crippen LogP contribution in [0.3, 0.4) is 0 Å². The lowest BCUT2D eigenvalue weighted by molar-refractivity contribution is 0.112. The third kappa shape index (κ3) is 6.38. The first-order valence-corrected chi connectivity index (χ1v) is 9.31. The quantitative estimate of drug-likeness (QED) is 0.479.